The van der Waals surface area contributed by atoms with E-state index in [1.807, 2.05) is 12.1 Å². The summed E-state index contributed by atoms with van der Waals surface area (Å²) in [5.74, 6) is 0. The molecule has 0 heterocycles. The molecule has 1 aromatic carbocycles. The maximum absolute atomic E-state index is 12.5. The van der Waals surface area contributed by atoms with E-state index in [1.165, 1.54) is 4.90 Å². The zero-order chi connectivity index (χ0) is 15.4. The highest BCUT2D eigenvalue weighted by Crippen LogP contribution is 2.22. The lowest BCUT2D eigenvalue weighted by molar-refractivity contribution is -0.119. The van der Waals surface area contributed by atoms with E-state index in [4.69, 9.17) is 0 Å². The fourth-order valence-corrected chi connectivity index (χ4v) is 1.79. The van der Waals surface area contributed by atoms with Crippen molar-refractivity contribution in [2.75, 3.05) is 18.0 Å². The number of hydrogen-bond acceptors (Lipinski definition) is 2. The van der Waals surface area contributed by atoms with Crippen LogP contribution in [0.25, 0.3) is 0 Å². The van der Waals surface area contributed by atoms with Gasteiger partial charge in [-0.2, -0.15) is 13.2 Å². The molecular formula is C15H23F3N2. The summed E-state index contributed by atoms with van der Waals surface area (Å²) in [4.78, 5) is 1.32. The third-order valence-corrected chi connectivity index (χ3v) is 2.88. The maximum atomic E-state index is 12.5. The fraction of sp³-hybridized carbons (Fsp3) is 0.600. The second kappa shape index (κ2) is 6.48. The summed E-state index contributed by atoms with van der Waals surface area (Å²) in [5.41, 5.74) is 1.68. The molecule has 0 aliphatic heterocycles. The highest BCUT2D eigenvalue weighted by Gasteiger charge is 2.30. The predicted octanol–water partition coefficient (Wildman–Crippen LogP) is 3.96. The average Bonchev–Trinajstić information content (AvgIpc) is 2.32. The highest BCUT2D eigenvalue weighted by atomic mass is 19.4. The molecule has 5 heteroatoms. The number of halogens is 3. The third-order valence-electron chi connectivity index (χ3n) is 2.88. The van der Waals surface area contributed by atoms with Crippen molar-refractivity contribution in [1.82, 2.24) is 5.32 Å². The first-order valence-electron chi connectivity index (χ1n) is 6.76. The van der Waals surface area contributed by atoms with Gasteiger partial charge in [-0.15, -0.1) is 0 Å². The zero-order valence-corrected chi connectivity index (χ0v) is 12.5. The van der Waals surface area contributed by atoms with Gasteiger partial charge in [-0.1, -0.05) is 12.1 Å². The molecule has 0 aliphatic rings. The van der Waals surface area contributed by atoms with Crippen molar-refractivity contribution in [3.63, 3.8) is 0 Å². The van der Waals surface area contributed by atoms with Gasteiger partial charge in [0.25, 0.3) is 0 Å². The lowest BCUT2D eigenvalue weighted by atomic mass is 10.1. The van der Waals surface area contributed by atoms with Gasteiger partial charge in [0.1, 0.15) is 6.54 Å². The van der Waals surface area contributed by atoms with Crippen molar-refractivity contribution in [3.05, 3.63) is 29.8 Å². The number of rotatable bonds is 5. The van der Waals surface area contributed by atoms with Gasteiger partial charge in [0.15, 0.2) is 0 Å². The summed E-state index contributed by atoms with van der Waals surface area (Å²) < 4.78 is 37.4. The predicted molar refractivity (Wildman–Crippen MR) is 77.0 cm³/mol. The monoisotopic (exact) mass is 288 g/mol. The molecule has 0 unspecified atom stereocenters. The lowest BCUT2D eigenvalue weighted by Crippen LogP contribution is -2.35. The van der Waals surface area contributed by atoms with Crippen LogP contribution in [0, 0.1) is 0 Å². The number of nitrogens with zero attached hydrogens (tertiary/aromatic N) is 1. The van der Waals surface area contributed by atoms with E-state index in [0.29, 0.717) is 18.8 Å². The Morgan fingerprint density at radius 3 is 2.00 bits per heavy atom. The first-order valence-corrected chi connectivity index (χ1v) is 6.76. The van der Waals surface area contributed by atoms with Crippen LogP contribution in [0.3, 0.4) is 0 Å². The molecule has 0 aliphatic carbocycles. The quantitative estimate of drug-likeness (QED) is 0.882. The van der Waals surface area contributed by atoms with Gasteiger partial charge >= 0.3 is 6.18 Å². The van der Waals surface area contributed by atoms with Crippen LogP contribution in [-0.2, 0) is 6.54 Å². The molecule has 114 valence electrons. The normalized spacial score (nSPS) is 12.6. The lowest BCUT2D eigenvalue weighted by Gasteiger charge is -2.25. The van der Waals surface area contributed by atoms with Gasteiger partial charge in [-0.05, 0) is 45.4 Å². The van der Waals surface area contributed by atoms with Crippen molar-refractivity contribution in [3.8, 4) is 0 Å². The molecule has 0 atom stereocenters. The van der Waals surface area contributed by atoms with Crippen molar-refractivity contribution in [2.45, 2.75) is 46.0 Å². The van der Waals surface area contributed by atoms with Gasteiger partial charge in [-0.3, -0.25) is 0 Å². The number of nitrogens with one attached hydrogen (secondary N) is 1. The highest BCUT2D eigenvalue weighted by molar-refractivity contribution is 5.47. The van der Waals surface area contributed by atoms with Crippen LogP contribution in [-0.4, -0.2) is 24.8 Å². The summed E-state index contributed by atoms with van der Waals surface area (Å²) in [7, 11) is 0. The molecule has 0 saturated carbocycles. The molecule has 20 heavy (non-hydrogen) atoms. The van der Waals surface area contributed by atoms with E-state index in [9.17, 15) is 13.2 Å². The van der Waals surface area contributed by atoms with E-state index in [-0.39, 0.29) is 5.54 Å². The van der Waals surface area contributed by atoms with Crippen LogP contribution < -0.4 is 10.2 Å². The standard InChI is InChI=1S/C15H23F3N2/c1-5-20(11-15(16,17)18)13-8-6-12(7-9-13)10-19-14(2,3)4/h6-9,19H,5,10-11H2,1-4H3. The zero-order valence-electron chi connectivity index (χ0n) is 12.5. The first kappa shape index (κ1) is 16.8. The van der Waals surface area contributed by atoms with Gasteiger partial charge in [0, 0.05) is 24.3 Å². The molecule has 0 aromatic heterocycles. The van der Waals surface area contributed by atoms with Crippen LogP contribution in [0.5, 0.6) is 0 Å². The summed E-state index contributed by atoms with van der Waals surface area (Å²) in [6.45, 7) is 8.06. The Morgan fingerprint density at radius 1 is 1.05 bits per heavy atom. The van der Waals surface area contributed by atoms with Gasteiger partial charge in [-0.25, -0.2) is 0 Å². The SMILES string of the molecule is CCN(CC(F)(F)F)c1ccc(CNC(C)(C)C)cc1. The Morgan fingerprint density at radius 2 is 1.60 bits per heavy atom. The van der Waals surface area contributed by atoms with Gasteiger partial charge in [0.05, 0.1) is 0 Å². The van der Waals surface area contributed by atoms with Crippen molar-refractivity contribution in [2.24, 2.45) is 0 Å². The third kappa shape index (κ3) is 6.28. The minimum Gasteiger partial charge on any atom is -0.363 e. The number of hydrogen-bond donors (Lipinski definition) is 1. The smallest absolute Gasteiger partial charge is 0.363 e. The van der Waals surface area contributed by atoms with Crippen molar-refractivity contribution >= 4 is 5.69 Å². The van der Waals surface area contributed by atoms with Crippen molar-refractivity contribution < 1.29 is 13.2 Å². The second-order valence-corrected chi connectivity index (χ2v) is 5.90. The first-order chi connectivity index (χ1) is 9.11. The van der Waals surface area contributed by atoms with E-state index < -0.39 is 12.7 Å². The maximum Gasteiger partial charge on any atom is 0.405 e. The topological polar surface area (TPSA) is 15.3 Å². The molecule has 0 fully saturated rings. The van der Waals surface area contributed by atoms with E-state index >= 15 is 0 Å². The van der Waals surface area contributed by atoms with Gasteiger partial charge < -0.3 is 10.2 Å². The molecule has 1 N–H and O–H groups in total. The molecule has 0 spiro atoms. The Hall–Kier alpha value is -1.23. The molecular weight excluding hydrogens is 265 g/mol. The molecule has 1 aromatic rings. The molecule has 1 rings (SSSR count). The molecule has 0 saturated heterocycles. The second-order valence-electron chi connectivity index (χ2n) is 5.90. The number of alkyl halides is 3. The van der Waals surface area contributed by atoms with Crippen LogP contribution in [0.4, 0.5) is 18.9 Å². The summed E-state index contributed by atoms with van der Waals surface area (Å²) in [6.07, 6.45) is -4.18. The van der Waals surface area contributed by atoms with E-state index in [1.54, 1.807) is 19.1 Å². The number of benzene rings is 1. The van der Waals surface area contributed by atoms with Gasteiger partial charge in [0.2, 0.25) is 0 Å². The Bertz CT molecular complexity index is 405. The van der Waals surface area contributed by atoms with E-state index in [2.05, 4.69) is 26.1 Å². The summed E-state index contributed by atoms with van der Waals surface area (Å²) >= 11 is 0. The van der Waals surface area contributed by atoms with E-state index in [0.717, 1.165) is 5.56 Å². The van der Waals surface area contributed by atoms with Crippen LogP contribution in [0.2, 0.25) is 0 Å². The average molecular weight is 288 g/mol. The molecule has 0 bridgehead atoms. The molecule has 0 radical (unpaired) electrons. The molecule has 0 amide bonds. The minimum atomic E-state index is -4.18. The largest absolute Gasteiger partial charge is 0.405 e. The van der Waals surface area contributed by atoms with Crippen LogP contribution >= 0.6 is 0 Å². The fourth-order valence-electron chi connectivity index (χ4n) is 1.79. The number of anilines is 1. The summed E-state index contributed by atoms with van der Waals surface area (Å²) in [6, 6.07) is 7.23. The van der Waals surface area contributed by atoms with Crippen LogP contribution in [0.1, 0.15) is 33.3 Å². The van der Waals surface area contributed by atoms with Crippen molar-refractivity contribution in [1.29, 1.82) is 0 Å². The Balaban J connectivity index is 2.69. The summed E-state index contributed by atoms with van der Waals surface area (Å²) in [5, 5.41) is 3.35. The van der Waals surface area contributed by atoms with Crippen LogP contribution in [0.15, 0.2) is 24.3 Å². The minimum absolute atomic E-state index is 0.0183. The Kier molecular flexibility index (Phi) is 5.45. The molecule has 2 nitrogen and oxygen atoms in total. The Labute approximate surface area is 119 Å².